The number of nitrogens with one attached hydrogen (secondary N) is 1. The van der Waals surface area contributed by atoms with Gasteiger partial charge in [0.2, 0.25) is 0 Å². The SMILES string of the molecule is CCNCCOCCC(=O)OC. The Hall–Kier alpha value is -0.610. The lowest BCUT2D eigenvalue weighted by Gasteiger charge is -2.03. The molecule has 0 saturated carbocycles. The van der Waals surface area contributed by atoms with Gasteiger partial charge in [-0.25, -0.2) is 0 Å². The molecule has 0 atom stereocenters. The molecule has 0 aromatic carbocycles. The second-order valence-electron chi connectivity index (χ2n) is 2.29. The fourth-order valence-corrected chi connectivity index (χ4v) is 0.681. The summed E-state index contributed by atoms with van der Waals surface area (Å²) in [7, 11) is 1.38. The highest BCUT2D eigenvalue weighted by molar-refractivity contribution is 5.69. The summed E-state index contributed by atoms with van der Waals surface area (Å²) in [6, 6.07) is 0. The van der Waals surface area contributed by atoms with Crippen LogP contribution >= 0.6 is 0 Å². The number of carbonyl (C=O) groups is 1. The van der Waals surface area contributed by atoms with Gasteiger partial charge in [-0.15, -0.1) is 0 Å². The molecule has 12 heavy (non-hydrogen) atoms. The van der Waals surface area contributed by atoms with Crippen LogP contribution in [0.25, 0.3) is 0 Å². The molecule has 0 saturated heterocycles. The molecule has 72 valence electrons. The minimum atomic E-state index is -0.224. The maximum atomic E-state index is 10.6. The maximum Gasteiger partial charge on any atom is 0.307 e. The Morgan fingerprint density at radius 3 is 2.75 bits per heavy atom. The first-order chi connectivity index (χ1) is 5.81. The predicted molar refractivity (Wildman–Crippen MR) is 46.0 cm³/mol. The van der Waals surface area contributed by atoms with Crippen molar-refractivity contribution in [3.8, 4) is 0 Å². The van der Waals surface area contributed by atoms with E-state index < -0.39 is 0 Å². The van der Waals surface area contributed by atoms with E-state index in [0.29, 0.717) is 19.6 Å². The van der Waals surface area contributed by atoms with Crippen LogP contribution in [0.15, 0.2) is 0 Å². The van der Waals surface area contributed by atoms with Gasteiger partial charge in [-0.3, -0.25) is 4.79 Å². The van der Waals surface area contributed by atoms with Crippen molar-refractivity contribution in [2.24, 2.45) is 0 Å². The van der Waals surface area contributed by atoms with E-state index >= 15 is 0 Å². The van der Waals surface area contributed by atoms with Crippen LogP contribution in [0.1, 0.15) is 13.3 Å². The number of ether oxygens (including phenoxy) is 2. The van der Waals surface area contributed by atoms with Crippen LogP contribution in [0.2, 0.25) is 0 Å². The largest absolute Gasteiger partial charge is 0.469 e. The zero-order valence-corrected chi connectivity index (χ0v) is 7.76. The van der Waals surface area contributed by atoms with Crippen molar-refractivity contribution in [2.75, 3.05) is 33.4 Å². The smallest absolute Gasteiger partial charge is 0.307 e. The zero-order valence-electron chi connectivity index (χ0n) is 7.76. The lowest BCUT2D eigenvalue weighted by atomic mass is 10.5. The number of likely N-dealkylation sites (N-methyl/N-ethyl adjacent to an activating group) is 1. The number of carbonyl (C=O) groups excluding carboxylic acids is 1. The van der Waals surface area contributed by atoms with Gasteiger partial charge in [-0.05, 0) is 6.54 Å². The lowest BCUT2D eigenvalue weighted by molar-refractivity contribution is -0.141. The van der Waals surface area contributed by atoms with Crippen LogP contribution in [-0.2, 0) is 14.3 Å². The number of hydrogen-bond acceptors (Lipinski definition) is 4. The average molecular weight is 175 g/mol. The van der Waals surface area contributed by atoms with Crippen molar-refractivity contribution in [1.29, 1.82) is 0 Å². The third-order valence-electron chi connectivity index (χ3n) is 1.35. The summed E-state index contributed by atoms with van der Waals surface area (Å²) in [5.74, 6) is -0.224. The summed E-state index contributed by atoms with van der Waals surface area (Å²) in [6.45, 7) is 4.90. The quantitative estimate of drug-likeness (QED) is 0.443. The van der Waals surface area contributed by atoms with Crippen molar-refractivity contribution >= 4 is 5.97 Å². The molecule has 0 unspecified atom stereocenters. The van der Waals surface area contributed by atoms with E-state index in [1.165, 1.54) is 7.11 Å². The average Bonchev–Trinajstić information content (AvgIpc) is 2.10. The van der Waals surface area contributed by atoms with Crippen LogP contribution in [0.3, 0.4) is 0 Å². The minimum Gasteiger partial charge on any atom is -0.469 e. The highest BCUT2D eigenvalue weighted by atomic mass is 16.5. The molecule has 0 aliphatic rings. The molecule has 0 bridgehead atoms. The van der Waals surface area contributed by atoms with Gasteiger partial charge in [0.1, 0.15) is 0 Å². The molecule has 0 aromatic rings. The third-order valence-corrected chi connectivity index (χ3v) is 1.35. The fourth-order valence-electron chi connectivity index (χ4n) is 0.681. The maximum absolute atomic E-state index is 10.6. The molecule has 0 aliphatic heterocycles. The molecule has 0 radical (unpaired) electrons. The Morgan fingerprint density at radius 1 is 1.42 bits per heavy atom. The normalized spacial score (nSPS) is 9.83. The van der Waals surface area contributed by atoms with Crippen molar-refractivity contribution in [3.63, 3.8) is 0 Å². The van der Waals surface area contributed by atoms with Gasteiger partial charge in [-0.2, -0.15) is 0 Å². The first kappa shape index (κ1) is 11.4. The van der Waals surface area contributed by atoms with Gasteiger partial charge < -0.3 is 14.8 Å². The number of rotatable bonds is 7. The van der Waals surface area contributed by atoms with E-state index in [-0.39, 0.29) is 5.97 Å². The topological polar surface area (TPSA) is 47.6 Å². The van der Waals surface area contributed by atoms with E-state index in [1.54, 1.807) is 0 Å². The van der Waals surface area contributed by atoms with E-state index in [2.05, 4.69) is 10.1 Å². The molecule has 4 heteroatoms. The molecule has 0 amide bonds. The molecule has 0 heterocycles. The summed E-state index contributed by atoms with van der Waals surface area (Å²) in [4.78, 5) is 10.6. The lowest BCUT2D eigenvalue weighted by Crippen LogP contribution is -2.19. The summed E-state index contributed by atoms with van der Waals surface area (Å²) in [5, 5.41) is 3.11. The van der Waals surface area contributed by atoms with Crippen molar-refractivity contribution in [3.05, 3.63) is 0 Å². The summed E-state index contributed by atoms with van der Waals surface area (Å²) in [5.41, 5.74) is 0. The molecular weight excluding hydrogens is 158 g/mol. The first-order valence-corrected chi connectivity index (χ1v) is 4.16. The van der Waals surface area contributed by atoms with Crippen LogP contribution in [0, 0.1) is 0 Å². The van der Waals surface area contributed by atoms with Gasteiger partial charge in [0.15, 0.2) is 0 Å². The minimum absolute atomic E-state index is 0.224. The standard InChI is InChI=1S/C8H17NO3/c1-3-9-5-7-12-6-4-8(10)11-2/h9H,3-7H2,1-2H3. The molecule has 4 nitrogen and oxygen atoms in total. The van der Waals surface area contributed by atoms with Gasteiger partial charge in [0, 0.05) is 6.54 Å². The Balaban J connectivity index is 2.95. The van der Waals surface area contributed by atoms with Gasteiger partial charge >= 0.3 is 5.97 Å². The monoisotopic (exact) mass is 175 g/mol. The van der Waals surface area contributed by atoms with Crippen molar-refractivity contribution in [2.45, 2.75) is 13.3 Å². The highest BCUT2D eigenvalue weighted by Crippen LogP contribution is 1.85. The van der Waals surface area contributed by atoms with E-state index in [4.69, 9.17) is 4.74 Å². The first-order valence-electron chi connectivity index (χ1n) is 4.16. The Morgan fingerprint density at radius 2 is 2.17 bits per heavy atom. The van der Waals surface area contributed by atoms with Crippen LogP contribution < -0.4 is 5.32 Å². The van der Waals surface area contributed by atoms with Crippen molar-refractivity contribution in [1.82, 2.24) is 5.32 Å². The van der Waals surface area contributed by atoms with Gasteiger partial charge in [-0.1, -0.05) is 6.92 Å². The Bertz CT molecular complexity index is 117. The highest BCUT2D eigenvalue weighted by Gasteiger charge is 1.98. The molecule has 0 rings (SSSR count). The molecule has 0 aliphatic carbocycles. The van der Waals surface area contributed by atoms with E-state index in [0.717, 1.165) is 13.1 Å². The van der Waals surface area contributed by atoms with Crippen molar-refractivity contribution < 1.29 is 14.3 Å². The predicted octanol–water partition coefficient (Wildman–Crippen LogP) is 0.176. The van der Waals surface area contributed by atoms with Crippen LogP contribution in [-0.4, -0.2) is 39.4 Å². The zero-order chi connectivity index (χ0) is 9.23. The molecule has 0 fully saturated rings. The van der Waals surface area contributed by atoms with Crippen LogP contribution in [0.4, 0.5) is 0 Å². The second kappa shape index (κ2) is 8.49. The number of esters is 1. The summed E-state index contributed by atoms with van der Waals surface area (Å²) < 4.78 is 9.59. The van der Waals surface area contributed by atoms with E-state index in [1.807, 2.05) is 6.92 Å². The number of methoxy groups -OCH3 is 1. The van der Waals surface area contributed by atoms with Gasteiger partial charge in [0.05, 0.1) is 26.7 Å². The van der Waals surface area contributed by atoms with E-state index in [9.17, 15) is 4.79 Å². The number of hydrogen-bond donors (Lipinski definition) is 1. The second-order valence-corrected chi connectivity index (χ2v) is 2.29. The molecular formula is C8H17NO3. The third kappa shape index (κ3) is 7.50. The fraction of sp³-hybridized carbons (Fsp3) is 0.875. The summed E-state index contributed by atoms with van der Waals surface area (Å²) >= 11 is 0. The summed E-state index contributed by atoms with van der Waals surface area (Å²) in [6.07, 6.45) is 0.336. The Kier molecular flexibility index (Phi) is 8.05. The Labute approximate surface area is 73.2 Å². The van der Waals surface area contributed by atoms with Gasteiger partial charge in [0.25, 0.3) is 0 Å². The molecule has 0 aromatic heterocycles. The molecule has 1 N–H and O–H groups in total. The molecule has 0 spiro atoms. The van der Waals surface area contributed by atoms with Crippen LogP contribution in [0.5, 0.6) is 0 Å².